The zero-order valence-corrected chi connectivity index (χ0v) is 22.4. The van der Waals surface area contributed by atoms with Crippen molar-refractivity contribution in [3.63, 3.8) is 0 Å². The van der Waals surface area contributed by atoms with E-state index in [1.54, 1.807) is 5.56 Å². The van der Waals surface area contributed by atoms with Gasteiger partial charge in [0.25, 0.3) is 0 Å². The number of piperazine rings is 1. The maximum atomic E-state index is 6.01. The number of benzene rings is 1. The third kappa shape index (κ3) is 5.81. The molecule has 1 aromatic carbocycles. The van der Waals surface area contributed by atoms with Gasteiger partial charge in [-0.2, -0.15) is 0 Å². The van der Waals surface area contributed by atoms with Crippen molar-refractivity contribution in [1.82, 2.24) is 4.90 Å². The van der Waals surface area contributed by atoms with Gasteiger partial charge in [0.05, 0.1) is 12.8 Å². The lowest BCUT2D eigenvalue weighted by molar-refractivity contribution is 0.0970. The molecule has 4 nitrogen and oxygen atoms in total. The molecule has 3 aliphatic rings. The monoisotopic (exact) mass is 455 g/mol. The summed E-state index contributed by atoms with van der Waals surface area (Å²) in [5.41, 5.74) is 5.13. The van der Waals surface area contributed by atoms with E-state index in [9.17, 15) is 0 Å². The van der Waals surface area contributed by atoms with E-state index < -0.39 is 0 Å². The minimum Gasteiger partial charge on any atom is -0.495 e. The summed E-state index contributed by atoms with van der Waals surface area (Å²) < 4.78 is 6.01. The van der Waals surface area contributed by atoms with E-state index in [2.05, 4.69) is 61.5 Å². The van der Waals surface area contributed by atoms with Crippen LogP contribution in [0.2, 0.25) is 0 Å². The number of rotatable bonds is 7. The molecule has 2 aliphatic heterocycles. The Morgan fingerprint density at radius 2 is 1.45 bits per heavy atom. The summed E-state index contributed by atoms with van der Waals surface area (Å²) in [6, 6.07) is 4.95. The molecule has 0 amide bonds. The Labute approximate surface area is 203 Å². The number of ether oxygens (including phenoxy) is 1. The third-order valence-electron chi connectivity index (χ3n) is 8.31. The van der Waals surface area contributed by atoms with Gasteiger partial charge in [-0.1, -0.05) is 41.0 Å². The molecule has 1 saturated carbocycles. The summed E-state index contributed by atoms with van der Waals surface area (Å²) in [7, 11) is 1.86. The van der Waals surface area contributed by atoms with E-state index >= 15 is 0 Å². The molecule has 1 aliphatic carbocycles. The molecule has 3 fully saturated rings. The Bertz CT molecular complexity index is 772. The van der Waals surface area contributed by atoms with Gasteiger partial charge in [0.1, 0.15) is 5.75 Å². The fourth-order valence-electron chi connectivity index (χ4n) is 7.20. The van der Waals surface area contributed by atoms with Crippen LogP contribution >= 0.6 is 0 Å². The topological polar surface area (TPSA) is 19.0 Å². The predicted octanol–water partition coefficient (Wildman–Crippen LogP) is 6.54. The van der Waals surface area contributed by atoms with Gasteiger partial charge in [-0.15, -0.1) is 0 Å². The average molecular weight is 456 g/mol. The number of anilines is 2. The molecule has 0 aromatic heterocycles. The number of methoxy groups -OCH3 is 1. The molecule has 0 radical (unpaired) electrons. The van der Waals surface area contributed by atoms with Gasteiger partial charge >= 0.3 is 0 Å². The van der Waals surface area contributed by atoms with Crippen molar-refractivity contribution >= 4 is 11.4 Å². The van der Waals surface area contributed by atoms with Crippen molar-refractivity contribution in [3.8, 4) is 5.75 Å². The van der Waals surface area contributed by atoms with Crippen molar-refractivity contribution in [2.75, 3.05) is 62.7 Å². The van der Waals surface area contributed by atoms with Crippen molar-refractivity contribution in [1.29, 1.82) is 0 Å². The summed E-state index contributed by atoms with van der Waals surface area (Å²) in [6.45, 7) is 20.4. The van der Waals surface area contributed by atoms with Gasteiger partial charge in [0.15, 0.2) is 0 Å². The lowest BCUT2D eigenvalue weighted by atomic mass is 9.60. The van der Waals surface area contributed by atoms with Crippen LogP contribution in [0.3, 0.4) is 0 Å². The first-order chi connectivity index (χ1) is 15.7. The SMILES string of the molecule is CCCCN1CCN(c2cc(OC)c(N3CCCC3)cc2C2CC(C)(C)CC(C)(C)C2)CC1. The Hall–Kier alpha value is -1.42. The van der Waals surface area contributed by atoms with Gasteiger partial charge in [0, 0.05) is 51.0 Å². The summed E-state index contributed by atoms with van der Waals surface area (Å²) in [4.78, 5) is 7.89. The summed E-state index contributed by atoms with van der Waals surface area (Å²) in [5, 5.41) is 0. The maximum absolute atomic E-state index is 6.01. The first-order valence-corrected chi connectivity index (χ1v) is 13.7. The van der Waals surface area contributed by atoms with E-state index in [4.69, 9.17) is 4.74 Å². The highest BCUT2D eigenvalue weighted by Gasteiger charge is 2.40. The molecule has 2 heterocycles. The fourth-order valence-corrected chi connectivity index (χ4v) is 7.20. The zero-order chi connectivity index (χ0) is 23.6. The quantitative estimate of drug-likeness (QED) is 0.465. The molecule has 2 saturated heterocycles. The van der Waals surface area contributed by atoms with Crippen LogP contribution in [-0.2, 0) is 0 Å². The molecule has 1 aromatic rings. The standard InChI is InChI=1S/C29H49N3O/c1-7-8-11-30-14-16-32(17-15-30)25-19-27(33-6)26(31-12-9-10-13-31)18-24(25)23-20-28(2,3)22-29(4,5)21-23/h18-19,23H,7-17,20-22H2,1-6H3. The molecular formula is C29H49N3O. The predicted molar refractivity (Wildman–Crippen MR) is 142 cm³/mol. The first-order valence-electron chi connectivity index (χ1n) is 13.7. The van der Waals surface area contributed by atoms with Crippen LogP contribution in [0.15, 0.2) is 12.1 Å². The lowest BCUT2D eigenvalue weighted by Gasteiger charge is -2.46. The zero-order valence-electron chi connectivity index (χ0n) is 22.4. The molecule has 0 bridgehead atoms. The summed E-state index contributed by atoms with van der Waals surface area (Å²) in [6.07, 6.45) is 9.07. The van der Waals surface area contributed by atoms with Crippen LogP contribution in [0.25, 0.3) is 0 Å². The first kappa shape index (κ1) is 24.7. The second-order valence-corrected chi connectivity index (χ2v) is 12.6. The molecule has 186 valence electrons. The second-order valence-electron chi connectivity index (χ2n) is 12.6. The van der Waals surface area contributed by atoms with E-state index in [1.807, 2.05) is 7.11 Å². The van der Waals surface area contributed by atoms with Gasteiger partial charge in [-0.05, 0) is 73.4 Å². The normalized spacial score (nSPS) is 23.8. The Balaban J connectivity index is 1.69. The molecule has 4 heteroatoms. The molecule has 0 atom stereocenters. The van der Waals surface area contributed by atoms with Crippen molar-refractivity contribution in [2.45, 2.75) is 85.5 Å². The van der Waals surface area contributed by atoms with E-state index in [1.165, 1.54) is 76.0 Å². The van der Waals surface area contributed by atoms with E-state index in [0.29, 0.717) is 16.7 Å². The number of nitrogens with zero attached hydrogens (tertiary/aromatic N) is 3. The molecule has 0 spiro atoms. The highest BCUT2D eigenvalue weighted by Crippen LogP contribution is 2.54. The Morgan fingerprint density at radius 1 is 0.848 bits per heavy atom. The van der Waals surface area contributed by atoms with Gasteiger partial charge in [0.2, 0.25) is 0 Å². The smallest absolute Gasteiger partial charge is 0.144 e. The third-order valence-corrected chi connectivity index (χ3v) is 8.31. The maximum Gasteiger partial charge on any atom is 0.144 e. The highest BCUT2D eigenvalue weighted by atomic mass is 16.5. The lowest BCUT2D eigenvalue weighted by Crippen LogP contribution is -2.47. The van der Waals surface area contributed by atoms with Gasteiger partial charge < -0.3 is 14.5 Å². The number of hydrogen-bond donors (Lipinski definition) is 0. The van der Waals surface area contributed by atoms with E-state index in [-0.39, 0.29) is 0 Å². The average Bonchev–Trinajstić information content (AvgIpc) is 3.30. The molecule has 4 rings (SSSR count). The van der Waals surface area contributed by atoms with Crippen LogP contribution < -0.4 is 14.5 Å². The molecule has 0 unspecified atom stereocenters. The Kier molecular flexibility index (Phi) is 7.53. The van der Waals surface area contributed by atoms with Crippen LogP contribution in [0.4, 0.5) is 11.4 Å². The second kappa shape index (κ2) is 10.1. The van der Waals surface area contributed by atoms with Crippen LogP contribution in [0.1, 0.15) is 91.0 Å². The van der Waals surface area contributed by atoms with Crippen molar-refractivity contribution < 1.29 is 4.74 Å². The van der Waals surface area contributed by atoms with Crippen LogP contribution in [-0.4, -0.2) is 57.8 Å². The molecule has 0 N–H and O–H groups in total. The summed E-state index contributed by atoms with van der Waals surface area (Å²) in [5.74, 6) is 1.68. The minimum atomic E-state index is 0.385. The van der Waals surface area contributed by atoms with Crippen molar-refractivity contribution in [2.24, 2.45) is 10.8 Å². The molecular weight excluding hydrogens is 406 g/mol. The Morgan fingerprint density at radius 3 is 2.03 bits per heavy atom. The van der Waals surface area contributed by atoms with Crippen molar-refractivity contribution in [3.05, 3.63) is 17.7 Å². The van der Waals surface area contributed by atoms with Crippen LogP contribution in [0, 0.1) is 10.8 Å². The van der Waals surface area contributed by atoms with Crippen LogP contribution in [0.5, 0.6) is 5.75 Å². The van der Waals surface area contributed by atoms with Gasteiger partial charge in [-0.25, -0.2) is 0 Å². The fraction of sp³-hybridized carbons (Fsp3) is 0.793. The van der Waals surface area contributed by atoms with E-state index in [0.717, 1.165) is 31.9 Å². The molecule has 33 heavy (non-hydrogen) atoms. The summed E-state index contributed by atoms with van der Waals surface area (Å²) >= 11 is 0. The number of hydrogen-bond acceptors (Lipinski definition) is 4. The minimum absolute atomic E-state index is 0.385. The highest BCUT2D eigenvalue weighted by molar-refractivity contribution is 5.71. The number of unbranched alkanes of at least 4 members (excludes halogenated alkanes) is 1. The van der Waals surface area contributed by atoms with Gasteiger partial charge in [-0.3, -0.25) is 4.90 Å². The largest absolute Gasteiger partial charge is 0.495 e.